The molecule has 112 valence electrons. The maximum Gasteiger partial charge on any atom is 0.339 e. The van der Waals surface area contributed by atoms with Crippen LogP contribution in [0.5, 0.6) is 5.75 Å². The van der Waals surface area contributed by atoms with Crippen molar-refractivity contribution in [2.75, 3.05) is 6.61 Å². The third-order valence-corrected chi connectivity index (χ3v) is 3.53. The van der Waals surface area contributed by atoms with Gasteiger partial charge in [-0.15, -0.1) is 0 Å². The zero-order valence-corrected chi connectivity index (χ0v) is 12.3. The van der Waals surface area contributed by atoms with Gasteiger partial charge in [-0.1, -0.05) is 0 Å². The van der Waals surface area contributed by atoms with Crippen molar-refractivity contribution in [2.45, 2.75) is 33.6 Å². The van der Waals surface area contributed by atoms with Gasteiger partial charge in [-0.05, 0) is 51.3 Å². The van der Waals surface area contributed by atoms with Crippen molar-refractivity contribution >= 4 is 16.9 Å². The first-order chi connectivity index (χ1) is 9.95. The van der Waals surface area contributed by atoms with E-state index in [-0.39, 0.29) is 12.8 Å². The molecule has 0 aliphatic heterocycles. The van der Waals surface area contributed by atoms with Gasteiger partial charge in [0.15, 0.2) is 0 Å². The van der Waals surface area contributed by atoms with Crippen molar-refractivity contribution in [1.82, 2.24) is 0 Å². The Hall–Kier alpha value is -2.30. The zero-order valence-electron chi connectivity index (χ0n) is 12.3. The van der Waals surface area contributed by atoms with E-state index in [1.54, 1.807) is 6.92 Å². The smallest absolute Gasteiger partial charge is 0.339 e. The quantitative estimate of drug-likeness (QED) is 0.779. The number of hydrogen-bond donors (Lipinski definition) is 0. The summed E-state index contributed by atoms with van der Waals surface area (Å²) in [5.41, 5.74) is 1.88. The van der Waals surface area contributed by atoms with Crippen LogP contribution in [0.4, 0.5) is 0 Å². The summed E-state index contributed by atoms with van der Waals surface area (Å²) < 4.78 is 10.9. The lowest BCUT2D eigenvalue weighted by Crippen LogP contribution is -2.24. The average molecular weight is 289 g/mol. The Labute approximate surface area is 122 Å². The molecule has 0 saturated heterocycles. The number of hydrogen-bond acceptors (Lipinski definition) is 5. The molecule has 0 spiro atoms. The molecule has 5 heteroatoms. The van der Waals surface area contributed by atoms with Gasteiger partial charge < -0.3 is 19.1 Å². The number of carboxylic acids is 1. The van der Waals surface area contributed by atoms with Crippen molar-refractivity contribution in [3.05, 3.63) is 39.2 Å². The molecular formula is C16H17O5-. The fourth-order valence-corrected chi connectivity index (χ4v) is 2.40. The van der Waals surface area contributed by atoms with Crippen LogP contribution >= 0.6 is 0 Å². The van der Waals surface area contributed by atoms with Gasteiger partial charge in [0.2, 0.25) is 0 Å². The summed E-state index contributed by atoms with van der Waals surface area (Å²) in [5.74, 6) is -0.508. The second-order valence-corrected chi connectivity index (χ2v) is 4.86. The molecule has 0 aliphatic carbocycles. The molecule has 5 nitrogen and oxygen atoms in total. The summed E-state index contributed by atoms with van der Waals surface area (Å²) >= 11 is 0. The summed E-state index contributed by atoms with van der Waals surface area (Å²) in [5, 5.41) is 11.4. The lowest BCUT2D eigenvalue weighted by atomic mass is 10.0. The normalized spacial score (nSPS) is 10.8. The van der Waals surface area contributed by atoms with Crippen molar-refractivity contribution in [3.8, 4) is 5.75 Å². The number of aryl methyl sites for hydroxylation is 2. The van der Waals surface area contributed by atoms with Crippen LogP contribution in [-0.4, -0.2) is 12.6 Å². The highest BCUT2D eigenvalue weighted by Gasteiger charge is 2.14. The Morgan fingerprint density at radius 1 is 1.29 bits per heavy atom. The summed E-state index contributed by atoms with van der Waals surface area (Å²) in [7, 11) is 0. The van der Waals surface area contributed by atoms with Crippen LogP contribution in [0.3, 0.4) is 0 Å². The van der Waals surface area contributed by atoms with Crippen LogP contribution in [0.25, 0.3) is 11.0 Å². The molecule has 0 radical (unpaired) electrons. The highest BCUT2D eigenvalue weighted by molar-refractivity contribution is 5.85. The lowest BCUT2D eigenvalue weighted by Gasteiger charge is -2.12. The molecule has 0 unspecified atom stereocenters. The second-order valence-electron chi connectivity index (χ2n) is 4.86. The van der Waals surface area contributed by atoms with E-state index in [1.165, 1.54) is 0 Å². The molecule has 0 saturated carbocycles. The standard InChI is InChI=1S/C16H18O5/c1-4-20-13-7-5-11-9(2)12(6-8-14(17)18)16(19)21-15(11)10(13)3/h5,7H,4,6,8H2,1-3H3,(H,17,18)/p-1. The van der Waals surface area contributed by atoms with Crippen molar-refractivity contribution in [3.63, 3.8) is 0 Å². The number of benzene rings is 1. The second kappa shape index (κ2) is 5.99. The van der Waals surface area contributed by atoms with Crippen molar-refractivity contribution in [1.29, 1.82) is 0 Å². The minimum absolute atomic E-state index is 0.110. The van der Waals surface area contributed by atoms with Crippen LogP contribution in [0, 0.1) is 13.8 Å². The Morgan fingerprint density at radius 2 is 2.00 bits per heavy atom. The summed E-state index contributed by atoms with van der Waals surface area (Å²) in [4.78, 5) is 22.6. The summed E-state index contributed by atoms with van der Waals surface area (Å²) in [6.45, 7) is 6.04. The fraction of sp³-hybridized carbons (Fsp3) is 0.375. The molecule has 0 amide bonds. The number of rotatable bonds is 5. The van der Waals surface area contributed by atoms with Gasteiger partial charge in [-0.3, -0.25) is 0 Å². The van der Waals surface area contributed by atoms with E-state index in [0.717, 1.165) is 16.5 Å². The predicted molar refractivity (Wildman–Crippen MR) is 76.5 cm³/mol. The van der Waals surface area contributed by atoms with E-state index in [2.05, 4.69) is 0 Å². The molecule has 0 atom stereocenters. The van der Waals surface area contributed by atoms with Crippen LogP contribution in [0.1, 0.15) is 30.0 Å². The van der Waals surface area contributed by atoms with Gasteiger partial charge in [0.05, 0.1) is 6.61 Å². The third kappa shape index (κ3) is 2.91. The molecule has 0 N–H and O–H groups in total. The summed E-state index contributed by atoms with van der Waals surface area (Å²) in [6, 6.07) is 3.66. The zero-order chi connectivity index (χ0) is 15.6. The molecule has 1 aromatic carbocycles. The number of carbonyl (C=O) groups excluding carboxylic acids is 1. The Kier molecular flexibility index (Phi) is 4.31. The minimum atomic E-state index is -1.18. The van der Waals surface area contributed by atoms with E-state index < -0.39 is 11.6 Å². The minimum Gasteiger partial charge on any atom is -0.550 e. The average Bonchev–Trinajstić information content (AvgIpc) is 2.42. The van der Waals surface area contributed by atoms with Gasteiger partial charge >= 0.3 is 5.63 Å². The highest BCUT2D eigenvalue weighted by Crippen LogP contribution is 2.29. The number of aliphatic carboxylic acids is 1. The first kappa shape index (κ1) is 15.1. The highest BCUT2D eigenvalue weighted by atomic mass is 16.5. The monoisotopic (exact) mass is 289 g/mol. The molecule has 21 heavy (non-hydrogen) atoms. The predicted octanol–water partition coefficient (Wildman–Crippen LogP) is 1.49. The Morgan fingerprint density at radius 3 is 2.62 bits per heavy atom. The molecule has 0 bridgehead atoms. The van der Waals surface area contributed by atoms with Gasteiger partial charge in [0.1, 0.15) is 11.3 Å². The number of carbonyl (C=O) groups is 1. The first-order valence-corrected chi connectivity index (χ1v) is 6.84. The van der Waals surface area contributed by atoms with Crippen LogP contribution in [0.15, 0.2) is 21.3 Å². The first-order valence-electron chi connectivity index (χ1n) is 6.84. The van der Waals surface area contributed by atoms with Crippen LogP contribution in [0.2, 0.25) is 0 Å². The van der Waals surface area contributed by atoms with Crippen molar-refractivity contribution in [2.24, 2.45) is 0 Å². The SMILES string of the molecule is CCOc1ccc2c(C)c(CCC(=O)[O-])c(=O)oc2c1C. The molecule has 2 aromatic rings. The number of carboxylic acid groups (broad SMARTS) is 1. The van der Waals surface area contributed by atoms with E-state index in [9.17, 15) is 14.7 Å². The molecule has 0 aliphatic rings. The molecule has 1 aromatic heterocycles. The lowest BCUT2D eigenvalue weighted by molar-refractivity contribution is -0.305. The molecule has 1 heterocycles. The maximum absolute atomic E-state index is 12.1. The largest absolute Gasteiger partial charge is 0.550 e. The van der Waals surface area contributed by atoms with Crippen LogP contribution in [-0.2, 0) is 11.2 Å². The topological polar surface area (TPSA) is 79.6 Å². The third-order valence-electron chi connectivity index (χ3n) is 3.53. The van der Waals surface area contributed by atoms with Gasteiger partial charge in [0, 0.05) is 22.5 Å². The number of ether oxygens (including phenoxy) is 1. The maximum atomic E-state index is 12.1. The van der Waals surface area contributed by atoms with Crippen LogP contribution < -0.4 is 15.5 Å². The molecule has 0 fully saturated rings. The summed E-state index contributed by atoms with van der Waals surface area (Å²) in [6.07, 6.45) is -0.0915. The van der Waals surface area contributed by atoms with Crippen molar-refractivity contribution < 1.29 is 19.1 Å². The van der Waals surface area contributed by atoms with Gasteiger partial charge in [-0.2, -0.15) is 0 Å². The van der Waals surface area contributed by atoms with E-state index in [1.807, 2.05) is 26.0 Å². The molecule has 2 rings (SSSR count). The van der Waals surface area contributed by atoms with E-state index >= 15 is 0 Å². The Bertz CT molecular complexity index is 742. The fourth-order valence-electron chi connectivity index (χ4n) is 2.40. The molecular weight excluding hydrogens is 272 g/mol. The van der Waals surface area contributed by atoms with E-state index in [4.69, 9.17) is 9.15 Å². The van der Waals surface area contributed by atoms with Gasteiger partial charge in [-0.25, -0.2) is 4.79 Å². The Balaban J connectivity index is 2.60. The van der Waals surface area contributed by atoms with Gasteiger partial charge in [0.25, 0.3) is 0 Å². The van der Waals surface area contributed by atoms with E-state index in [0.29, 0.717) is 23.5 Å². The number of fused-ring (bicyclic) bond motifs is 1.